The summed E-state index contributed by atoms with van der Waals surface area (Å²) >= 11 is 0. The molecule has 1 aliphatic rings. The molecule has 1 heterocycles. The maximum Gasteiger partial charge on any atom is 0.269 e. The molecule has 0 spiro atoms. The summed E-state index contributed by atoms with van der Waals surface area (Å²) < 4.78 is 0. The van der Waals surface area contributed by atoms with E-state index >= 15 is 0 Å². The summed E-state index contributed by atoms with van der Waals surface area (Å²) in [6.07, 6.45) is 1.87. The zero-order valence-corrected chi connectivity index (χ0v) is 12.9. The Kier molecular flexibility index (Phi) is 4.92. The lowest BCUT2D eigenvalue weighted by Gasteiger charge is -2.44. The third-order valence-corrected chi connectivity index (χ3v) is 3.94. The molecule has 0 radical (unpaired) electrons. The van der Waals surface area contributed by atoms with Gasteiger partial charge in [0.2, 0.25) is 0 Å². The van der Waals surface area contributed by atoms with Gasteiger partial charge in [0.15, 0.2) is 0 Å². The number of nitro benzene ring substituents is 1. The molecule has 1 amide bonds. The second kappa shape index (κ2) is 6.70. The number of rotatable bonds is 4. The SMILES string of the molecule is C=CCN1CC(C)N(C(=O)c2ccc([N+](=O)[O-])cc2)C(C)C1. The number of carbonyl (C=O) groups excluding carboxylic acids is 1. The summed E-state index contributed by atoms with van der Waals surface area (Å²) in [4.78, 5) is 27.0. The highest BCUT2D eigenvalue weighted by Crippen LogP contribution is 2.20. The monoisotopic (exact) mass is 303 g/mol. The molecule has 118 valence electrons. The third kappa shape index (κ3) is 3.33. The van der Waals surface area contributed by atoms with Gasteiger partial charge in [-0.15, -0.1) is 6.58 Å². The lowest BCUT2D eigenvalue weighted by atomic mass is 10.1. The van der Waals surface area contributed by atoms with Crippen LogP contribution in [0.25, 0.3) is 0 Å². The molecule has 1 saturated heterocycles. The Labute approximate surface area is 130 Å². The summed E-state index contributed by atoms with van der Waals surface area (Å²) in [5.74, 6) is -0.0758. The van der Waals surface area contributed by atoms with Crippen molar-refractivity contribution >= 4 is 11.6 Å². The highest BCUT2D eigenvalue weighted by Gasteiger charge is 2.32. The van der Waals surface area contributed by atoms with Gasteiger partial charge in [0.05, 0.1) is 4.92 Å². The zero-order chi connectivity index (χ0) is 16.3. The predicted octanol–water partition coefficient (Wildman–Crippen LogP) is 2.32. The van der Waals surface area contributed by atoms with Crippen molar-refractivity contribution in [3.05, 3.63) is 52.6 Å². The van der Waals surface area contributed by atoms with Crippen molar-refractivity contribution in [1.29, 1.82) is 0 Å². The van der Waals surface area contributed by atoms with Crippen LogP contribution in [0.2, 0.25) is 0 Å². The first kappa shape index (κ1) is 16.2. The molecule has 6 nitrogen and oxygen atoms in total. The Hall–Kier alpha value is -2.21. The van der Waals surface area contributed by atoms with E-state index in [-0.39, 0.29) is 23.7 Å². The van der Waals surface area contributed by atoms with Crippen molar-refractivity contribution < 1.29 is 9.72 Å². The molecule has 1 aliphatic heterocycles. The number of nitro groups is 1. The van der Waals surface area contributed by atoms with Crippen LogP contribution >= 0.6 is 0 Å². The maximum atomic E-state index is 12.7. The fourth-order valence-electron chi connectivity index (χ4n) is 3.04. The van der Waals surface area contributed by atoms with E-state index < -0.39 is 4.92 Å². The summed E-state index contributed by atoms with van der Waals surface area (Å²) in [5.41, 5.74) is 0.481. The molecular weight excluding hydrogens is 282 g/mol. The minimum absolute atomic E-state index is 0.00607. The highest BCUT2D eigenvalue weighted by molar-refractivity contribution is 5.95. The largest absolute Gasteiger partial charge is 0.331 e. The van der Waals surface area contributed by atoms with Gasteiger partial charge in [-0.05, 0) is 26.0 Å². The Morgan fingerprint density at radius 2 is 1.86 bits per heavy atom. The number of piperazine rings is 1. The lowest BCUT2D eigenvalue weighted by molar-refractivity contribution is -0.384. The molecule has 1 aromatic carbocycles. The lowest BCUT2D eigenvalue weighted by Crippen LogP contribution is -2.58. The normalized spacial score (nSPS) is 22.4. The molecule has 0 saturated carbocycles. The minimum atomic E-state index is -0.465. The first-order valence-electron chi connectivity index (χ1n) is 7.34. The van der Waals surface area contributed by atoms with Crippen LogP contribution in [0.1, 0.15) is 24.2 Å². The van der Waals surface area contributed by atoms with Crippen molar-refractivity contribution in [2.24, 2.45) is 0 Å². The number of amides is 1. The molecular formula is C16H21N3O3. The van der Waals surface area contributed by atoms with Crippen LogP contribution in [0.15, 0.2) is 36.9 Å². The van der Waals surface area contributed by atoms with E-state index in [0.29, 0.717) is 5.56 Å². The van der Waals surface area contributed by atoms with E-state index in [0.717, 1.165) is 19.6 Å². The molecule has 2 rings (SSSR count). The molecule has 0 N–H and O–H groups in total. The smallest absolute Gasteiger partial charge is 0.269 e. The van der Waals surface area contributed by atoms with E-state index in [1.807, 2.05) is 24.8 Å². The maximum absolute atomic E-state index is 12.7. The van der Waals surface area contributed by atoms with Crippen LogP contribution in [-0.4, -0.2) is 52.3 Å². The number of hydrogen-bond acceptors (Lipinski definition) is 4. The topological polar surface area (TPSA) is 66.7 Å². The van der Waals surface area contributed by atoms with E-state index in [1.54, 1.807) is 0 Å². The number of nitrogens with zero attached hydrogens (tertiary/aromatic N) is 3. The number of hydrogen-bond donors (Lipinski definition) is 0. The van der Waals surface area contributed by atoms with Gasteiger partial charge in [-0.2, -0.15) is 0 Å². The van der Waals surface area contributed by atoms with Crippen molar-refractivity contribution in [1.82, 2.24) is 9.80 Å². The van der Waals surface area contributed by atoms with E-state index in [9.17, 15) is 14.9 Å². The van der Waals surface area contributed by atoms with Gasteiger partial charge in [0.25, 0.3) is 11.6 Å². The molecule has 2 atom stereocenters. The number of non-ortho nitro benzene ring substituents is 1. The van der Waals surface area contributed by atoms with Crippen molar-refractivity contribution in [3.8, 4) is 0 Å². The highest BCUT2D eigenvalue weighted by atomic mass is 16.6. The Bertz CT molecular complexity index is 559. The Morgan fingerprint density at radius 1 is 1.32 bits per heavy atom. The first-order valence-corrected chi connectivity index (χ1v) is 7.34. The fourth-order valence-corrected chi connectivity index (χ4v) is 3.04. The van der Waals surface area contributed by atoms with Crippen LogP contribution in [0, 0.1) is 10.1 Å². The zero-order valence-electron chi connectivity index (χ0n) is 12.9. The molecule has 0 aliphatic carbocycles. The first-order chi connectivity index (χ1) is 10.4. The van der Waals surface area contributed by atoms with Gasteiger partial charge in [0.1, 0.15) is 0 Å². The van der Waals surface area contributed by atoms with Crippen molar-refractivity contribution in [2.45, 2.75) is 25.9 Å². The average Bonchev–Trinajstić information content (AvgIpc) is 2.46. The molecule has 2 unspecified atom stereocenters. The van der Waals surface area contributed by atoms with E-state index in [4.69, 9.17) is 0 Å². The molecule has 1 aromatic rings. The van der Waals surface area contributed by atoms with Crippen molar-refractivity contribution in [3.63, 3.8) is 0 Å². The van der Waals surface area contributed by atoms with E-state index in [1.165, 1.54) is 24.3 Å². The number of benzene rings is 1. The summed E-state index contributed by atoms with van der Waals surface area (Å²) in [5, 5.41) is 10.7. The molecule has 0 aromatic heterocycles. The quantitative estimate of drug-likeness (QED) is 0.486. The Morgan fingerprint density at radius 3 is 2.32 bits per heavy atom. The van der Waals surface area contributed by atoms with Crippen LogP contribution in [-0.2, 0) is 0 Å². The van der Waals surface area contributed by atoms with Gasteiger partial charge in [-0.25, -0.2) is 0 Å². The third-order valence-electron chi connectivity index (χ3n) is 3.94. The molecule has 0 bridgehead atoms. The van der Waals surface area contributed by atoms with Crippen LogP contribution in [0.4, 0.5) is 5.69 Å². The van der Waals surface area contributed by atoms with E-state index in [2.05, 4.69) is 11.5 Å². The van der Waals surface area contributed by atoms with Gasteiger partial charge in [-0.1, -0.05) is 6.08 Å². The molecule has 6 heteroatoms. The van der Waals surface area contributed by atoms with Crippen molar-refractivity contribution in [2.75, 3.05) is 19.6 Å². The summed E-state index contributed by atoms with van der Waals surface area (Å²) in [6.45, 7) is 10.2. The standard InChI is InChI=1S/C16H21N3O3/c1-4-9-17-10-12(2)18(13(3)11-17)16(20)14-5-7-15(8-6-14)19(21)22/h4-8,12-13H,1,9-11H2,2-3H3. The van der Waals surface area contributed by atoms with Gasteiger partial charge in [-0.3, -0.25) is 19.8 Å². The van der Waals surface area contributed by atoms with Gasteiger partial charge >= 0.3 is 0 Å². The second-order valence-corrected chi connectivity index (χ2v) is 5.72. The minimum Gasteiger partial charge on any atom is -0.331 e. The predicted molar refractivity (Wildman–Crippen MR) is 84.8 cm³/mol. The van der Waals surface area contributed by atoms with Gasteiger partial charge in [0, 0.05) is 49.4 Å². The summed E-state index contributed by atoms with van der Waals surface area (Å²) in [7, 11) is 0. The van der Waals surface area contributed by atoms with Crippen LogP contribution in [0.5, 0.6) is 0 Å². The van der Waals surface area contributed by atoms with Crippen LogP contribution in [0.3, 0.4) is 0 Å². The second-order valence-electron chi connectivity index (χ2n) is 5.72. The van der Waals surface area contributed by atoms with Crippen LogP contribution < -0.4 is 0 Å². The number of carbonyl (C=O) groups is 1. The average molecular weight is 303 g/mol. The fraction of sp³-hybridized carbons (Fsp3) is 0.438. The summed E-state index contributed by atoms with van der Waals surface area (Å²) in [6, 6.07) is 5.97. The molecule has 1 fully saturated rings. The Balaban J connectivity index is 2.14. The van der Waals surface area contributed by atoms with Gasteiger partial charge < -0.3 is 4.90 Å². The molecule has 22 heavy (non-hydrogen) atoms.